The fraction of sp³-hybridized carbons (Fsp3) is 0.667. The summed E-state index contributed by atoms with van der Waals surface area (Å²) in [7, 11) is 1.63. The Morgan fingerprint density at radius 3 is 2.73 bits per heavy atom. The Bertz CT molecular complexity index is 561. The Morgan fingerprint density at radius 1 is 1.45 bits per heavy atom. The molecule has 1 aromatic heterocycles. The fourth-order valence-electron chi connectivity index (χ4n) is 2.60. The second kappa shape index (κ2) is 6.91. The minimum atomic E-state index is -0.525. The molecule has 0 aliphatic carbocycles. The lowest BCUT2D eigenvalue weighted by molar-refractivity contribution is -0.116. The standard InChI is InChI=1S/C15H23N3O4/c1-5-21-15(20)13-14(17(4)11(3)19)10(2)18(16-13)12-8-6-7-9-22-12/h12H,5-9H2,1-4H3. The summed E-state index contributed by atoms with van der Waals surface area (Å²) in [6.07, 6.45) is 2.72. The number of esters is 1. The van der Waals surface area contributed by atoms with E-state index < -0.39 is 5.97 Å². The van der Waals surface area contributed by atoms with Crippen molar-refractivity contribution in [2.75, 3.05) is 25.2 Å². The highest BCUT2D eigenvalue weighted by Crippen LogP contribution is 2.31. The molecule has 1 fully saturated rings. The average Bonchev–Trinajstić information content (AvgIpc) is 2.85. The number of hydrogen-bond acceptors (Lipinski definition) is 5. The summed E-state index contributed by atoms with van der Waals surface area (Å²) in [5.74, 6) is -0.693. The van der Waals surface area contributed by atoms with Gasteiger partial charge in [0.2, 0.25) is 5.91 Å². The van der Waals surface area contributed by atoms with Crippen molar-refractivity contribution < 1.29 is 19.1 Å². The molecule has 1 aliphatic heterocycles. The fourth-order valence-corrected chi connectivity index (χ4v) is 2.60. The van der Waals surface area contributed by atoms with E-state index in [2.05, 4.69) is 5.10 Å². The molecule has 0 N–H and O–H groups in total. The zero-order valence-electron chi connectivity index (χ0n) is 13.6. The van der Waals surface area contributed by atoms with Gasteiger partial charge in [0, 0.05) is 20.6 Å². The van der Waals surface area contributed by atoms with Crippen LogP contribution in [0, 0.1) is 6.92 Å². The lowest BCUT2D eigenvalue weighted by Crippen LogP contribution is -2.25. The van der Waals surface area contributed by atoms with Gasteiger partial charge in [0.1, 0.15) is 0 Å². The Balaban J connectivity index is 2.46. The molecule has 1 amide bonds. The predicted molar refractivity (Wildman–Crippen MR) is 80.8 cm³/mol. The molecular formula is C15H23N3O4. The molecule has 1 atom stereocenters. The van der Waals surface area contributed by atoms with E-state index in [1.165, 1.54) is 11.8 Å². The van der Waals surface area contributed by atoms with E-state index >= 15 is 0 Å². The van der Waals surface area contributed by atoms with Gasteiger partial charge in [-0.15, -0.1) is 0 Å². The Hall–Kier alpha value is -1.89. The third kappa shape index (κ3) is 3.14. The smallest absolute Gasteiger partial charge is 0.361 e. The minimum absolute atomic E-state index is 0.159. The Kier molecular flexibility index (Phi) is 5.18. The molecule has 2 heterocycles. The van der Waals surface area contributed by atoms with E-state index in [0.29, 0.717) is 12.3 Å². The van der Waals surface area contributed by atoms with Crippen LogP contribution in [0.2, 0.25) is 0 Å². The first-order chi connectivity index (χ1) is 10.5. The summed E-state index contributed by atoms with van der Waals surface area (Å²) in [5, 5.41) is 4.38. The van der Waals surface area contributed by atoms with Crippen molar-refractivity contribution in [2.24, 2.45) is 0 Å². The summed E-state index contributed by atoms with van der Waals surface area (Å²) in [6, 6.07) is 0. The maximum Gasteiger partial charge on any atom is 0.361 e. The van der Waals surface area contributed by atoms with Crippen molar-refractivity contribution in [2.45, 2.75) is 46.3 Å². The average molecular weight is 309 g/mol. The highest BCUT2D eigenvalue weighted by Gasteiger charge is 2.29. The topological polar surface area (TPSA) is 73.7 Å². The minimum Gasteiger partial charge on any atom is -0.461 e. The summed E-state index contributed by atoms with van der Waals surface area (Å²) >= 11 is 0. The van der Waals surface area contributed by atoms with Gasteiger partial charge in [0.15, 0.2) is 11.9 Å². The van der Waals surface area contributed by atoms with Gasteiger partial charge in [-0.2, -0.15) is 5.10 Å². The molecule has 0 saturated carbocycles. The van der Waals surface area contributed by atoms with Gasteiger partial charge in [-0.3, -0.25) is 4.79 Å². The molecule has 2 rings (SSSR count). The second-order valence-electron chi connectivity index (χ2n) is 5.35. The molecule has 0 radical (unpaired) electrons. The highest BCUT2D eigenvalue weighted by molar-refractivity contribution is 6.01. The Labute approximate surface area is 130 Å². The highest BCUT2D eigenvalue weighted by atomic mass is 16.5. The molecule has 1 aliphatic rings. The summed E-state index contributed by atoms with van der Waals surface area (Å²) in [6.45, 7) is 5.95. The van der Waals surface area contributed by atoms with Gasteiger partial charge >= 0.3 is 5.97 Å². The molecular weight excluding hydrogens is 286 g/mol. The molecule has 0 spiro atoms. The van der Waals surface area contributed by atoms with E-state index in [4.69, 9.17) is 9.47 Å². The quantitative estimate of drug-likeness (QED) is 0.796. The van der Waals surface area contributed by atoms with Crippen LogP contribution in [0.3, 0.4) is 0 Å². The number of anilines is 1. The number of carbonyl (C=O) groups excluding carboxylic acids is 2. The lowest BCUT2D eigenvalue weighted by Gasteiger charge is -2.24. The molecule has 0 aromatic carbocycles. The lowest BCUT2D eigenvalue weighted by atomic mass is 10.2. The van der Waals surface area contributed by atoms with Gasteiger partial charge in [-0.05, 0) is 33.1 Å². The molecule has 0 bridgehead atoms. The van der Waals surface area contributed by atoms with Crippen LogP contribution in [0.4, 0.5) is 5.69 Å². The number of nitrogens with zero attached hydrogens (tertiary/aromatic N) is 3. The van der Waals surface area contributed by atoms with Gasteiger partial charge < -0.3 is 14.4 Å². The molecule has 1 saturated heterocycles. The van der Waals surface area contributed by atoms with Crippen molar-refractivity contribution in [3.63, 3.8) is 0 Å². The first kappa shape index (κ1) is 16.5. The molecule has 7 nitrogen and oxygen atoms in total. The van der Waals surface area contributed by atoms with Crippen molar-refractivity contribution in [3.05, 3.63) is 11.4 Å². The monoisotopic (exact) mass is 309 g/mol. The van der Waals surface area contributed by atoms with E-state index in [0.717, 1.165) is 25.0 Å². The molecule has 22 heavy (non-hydrogen) atoms. The maximum atomic E-state index is 12.2. The molecule has 1 aromatic rings. The van der Waals surface area contributed by atoms with Gasteiger partial charge in [0.05, 0.1) is 18.0 Å². The number of rotatable bonds is 4. The Morgan fingerprint density at radius 2 is 2.18 bits per heavy atom. The normalized spacial score (nSPS) is 18.1. The van der Waals surface area contributed by atoms with Crippen LogP contribution in [0.25, 0.3) is 0 Å². The zero-order chi connectivity index (χ0) is 16.3. The number of ether oxygens (including phenoxy) is 2. The number of aromatic nitrogens is 2. The summed E-state index contributed by atoms with van der Waals surface area (Å²) in [5.41, 5.74) is 1.37. The van der Waals surface area contributed by atoms with Crippen LogP contribution in [0.5, 0.6) is 0 Å². The number of amides is 1. The van der Waals surface area contributed by atoms with Crippen molar-refractivity contribution in [3.8, 4) is 0 Å². The van der Waals surface area contributed by atoms with E-state index in [1.807, 2.05) is 6.92 Å². The van der Waals surface area contributed by atoms with Gasteiger partial charge in [0.25, 0.3) is 0 Å². The number of hydrogen-bond donors (Lipinski definition) is 0. The third-order valence-electron chi connectivity index (χ3n) is 3.82. The maximum absolute atomic E-state index is 12.2. The van der Waals surface area contributed by atoms with Crippen LogP contribution >= 0.6 is 0 Å². The predicted octanol–water partition coefficient (Wildman–Crippen LogP) is 2.05. The van der Waals surface area contributed by atoms with Crippen LogP contribution in [-0.4, -0.2) is 41.9 Å². The molecule has 7 heteroatoms. The van der Waals surface area contributed by atoms with E-state index in [9.17, 15) is 9.59 Å². The van der Waals surface area contributed by atoms with Crippen molar-refractivity contribution in [1.29, 1.82) is 0 Å². The van der Waals surface area contributed by atoms with Gasteiger partial charge in [-0.1, -0.05) is 0 Å². The SMILES string of the molecule is CCOC(=O)c1nn(C2CCCCO2)c(C)c1N(C)C(C)=O. The second-order valence-corrected chi connectivity index (χ2v) is 5.35. The molecule has 122 valence electrons. The van der Waals surface area contributed by atoms with Crippen LogP contribution in [0.15, 0.2) is 0 Å². The van der Waals surface area contributed by atoms with Gasteiger partial charge in [-0.25, -0.2) is 9.48 Å². The van der Waals surface area contributed by atoms with E-state index in [1.54, 1.807) is 18.7 Å². The van der Waals surface area contributed by atoms with Crippen LogP contribution in [0.1, 0.15) is 55.5 Å². The van der Waals surface area contributed by atoms with Crippen molar-refractivity contribution in [1.82, 2.24) is 9.78 Å². The summed E-state index contributed by atoms with van der Waals surface area (Å²) < 4.78 is 12.5. The van der Waals surface area contributed by atoms with Crippen LogP contribution in [-0.2, 0) is 14.3 Å². The van der Waals surface area contributed by atoms with E-state index in [-0.39, 0.29) is 24.4 Å². The van der Waals surface area contributed by atoms with Crippen LogP contribution < -0.4 is 4.90 Å². The zero-order valence-corrected chi connectivity index (χ0v) is 13.6. The largest absolute Gasteiger partial charge is 0.461 e. The first-order valence-corrected chi connectivity index (χ1v) is 7.59. The first-order valence-electron chi connectivity index (χ1n) is 7.59. The third-order valence-corrected chi connectivity index (χ3v) is 3.82. The van der Waals surface area contributed by atoms with Crippen molar-refractivity contribution >= 4 is 17.6 Å². The molecule has 1 unspecified atom stereocenters. The number of carbonyl (C=O) groups is 2. The summed E-state index contributed by atoms with van der Waals surface area (Å²) in [4.78, 5) is 25.3.